The zero-order valence-electron chi connectivity index (χ0n) is 27.7. The van der Waals surface area contributed by atoms with Crippen LogP contribution in [0.4, 0.5) is 0 Å². The quantitative estimate of drug-likeness (QED) is 0.0810. The summed E-state index contributed by atoms with van der Waals surface area (Å²) in [5.41, 5.74) is 8.17. The molecule has 0 unspecified atom stereocenters. The van der Waals surface area contributed by atoms with Crippen LogP contribution < -0.4 is 15.6 Å². The van der Waals surface area contributed by atoms with Crippen molar-refractivity contribution in [3.8, 4) is 16.9 Å². The summed E-state index contributed by atoms with van der Waals surface area (Å²) >= 11 is 6.18. The van der Waals surface area contributed by atoms with E-state index in [1.807, 2.05) is 66.7 Å². The van der Waals surface area contributed by atoms with Crippen molar-refractivity contribution in [1.29, 1.82) is 0 Å². The van der Waals surface area contributed by atoms with Crippen LogP contribution in [-0.4, -0.2) is 49.8 Å². The Balaban J connectivity index is 1.38. The van der Waals surface area contributed by atoms with E-state index in [4.69, 9.17) is 31.2 Å². The summed E-state index contributed by atoms with van der Waals surface area (Å²) in [5, 5.41) is 9.67. The van der Waals surface area contributed by atoms with E-state index in [0.717, 1.165) is 16.7 Å². The molecule has 9 nitrogen and oxygen atoms in total. The average molecular weight is 724 g/mol. The second kappa shape index (κ2) is 16.3. The lowest BCUT2D eigenvalue weighted by Gasteiger charge is -2.30. The Labute approximate surface area is 302 Å². The number of hydrazine groups is 1. The highest BCUT2D eigenvalue weighted by Gasteiger charge is 2.53. The van der Waals surface area contributed by atoms with Gasteiger partial charge in [0, 0.05) is 36.6 Å². The first-order chi connectivity index (χ1) is 24.8. The molecule has 51 heavy (non-hydrogen) atoms. The molecular weight excluding hydrogens is 686 g/mol. The molecule has 0 saturated carbocycles. The summed E-state index contributed by atoms with van der Waals surface area (Å²) in [6, 6.07) is 40.0. The smallest absolute Gasteiger partial charge is 0.266 e. The number of carbonyl (C=O) groups excluding carboxylic acids is 1. The highest BCUT2D eigenvalue weighted by atomic mass is 35.5. The van der Waals surface area contributed by atoms with Crippen molar-refractivity contribution in [3.05, 3.63) is 155 Å². The Bertz CT molecular complexity index is 2060. The first kappa shape index (κ1) is 35.8. The van der Waals surface area contributed by atoms with Crippen molar-refractivity contribution < 1.29 is 27.8 Å². The zero-order chi connectivity index (χ0) is 35.7. The highest BCUT2D eigenvalue weighted by molar-refractivity contribution is 7.91. The number of ether oxygens (including phenoxy) is 2. The molecule has 262 valence electrons. The van der Waals surface area contributed by atoms with Gasteiger partial charge in [-0.05, 0) is 70.8 Å². The number of nitrogens with one attached hydrogen (secondary N) is 2. The van der Waals surface area contributed by atoms with E-state index in [1.54, 1.807) is 66.7 Å². The fourth-order valence-corrected chi connectivity index (χ4v) is 7.47. The Kier molecular flexibility index (Phi) is 11.5. The predicted octanol–water partition coefficient (Wildman–Crippen LogP) is 6.71. The second-order valence-corrected chi connectivity index (χ2v) is 14.6. The number of aliphatic imine (C=N–C) groups is 1. The minimum Gasteiger partial charge on any atom is -0.494 e. The summed E-state index contributed by atoms with van der Waals surface area (Å²) in [6.07, 6.45) is -0.653. The normalized spacial score (nSPS) is 17.0. The van der Waals surface area contributed by atoms with E-state index >= 15 is 0 Å². The first-order valence-corrected chi connectivity index (χ1v) is 18.6. The van der Waals surface area contributed by atoms with Crippen LogP contribution >= 0.6 is 11.6 Å². The van der Waals surface area contributed by atoms with Gasteiger partial charge in [-0.25, -0.2) is 18.8 Å². The molecule has 11 heteroatoms. The molecule has 5 aromatic rings. The molecule has 1 amide bonds. The minimum absolute atomic E-state index is 0.0224. The van der Waals surface area contributed by atoms with Gasteiger partial charge in [-0.2, -0.15) is 0 Å². The maximum absolute atomic E-state index is 14.5. The summed E-state index contributed by atoms with van der Waals surface area (Å²) in [5.74, 6) is -0.128. The van der Waals surface area contributed by atoms with Crippen molar-refractivity contribution >= 4 is 33.2 Å². The molecule has 5 aromatic carbocycles. The van der Waals surface area contributed by atoms with Gasteiger partial charge >= 0.3 is 0 Å². The van der Waals surface area contributed by atoms with Crippen LogP contribution in [0.3, 0.4) is 0 Å². The van der Waals surface area contributed by atoms with E-state index < -0.39 is 27.4 Å². The second-order valence-electron chi connectivity index (χ2n) is 12.1. The van der Waals surface area contributed by atoms with Crippen LogP contribution in [0.5, 0.6) is 5.75 Å². The molecule has 3 N–H and O–H groups in total. The van der Waals surface area contributed by atoms with Gasteiger partial charge in [0.1, 0.15) is 5.75 Å². The number of hydrogen-bond acceptors (Lipinski definition) is 8. The van der Waals surface area contributed by atoms with E-state index in [2.05, 4.69) is 10.9 Å². The monoisotopic (exact) mass is 723 g/mol. The fourth-order valence-electron chi connectivity index (χ4n) is 5.87. The molecule has 0 aromatic heterocycles. The topological polar surface area (TPSA) is 126 Å². The lowest BCUT2D eigenvalue weighted by atomic mass is 9.84. The van der Waals surface area contributed by atoms with Gasteiger partial charge in [-0.15, -0.1) is 0 Å². The van der Waals surface area contributed by atoms with Crippen molar-refractivity contribution in [2.24, 2.45) is 4.99 Å². The average Bonchev–Trinajstić information content (AvgIpc) is 3.56. The Morgan fingerprint density at radius 1 is 0.843 bits per heavy atom. The molecule has 2 atom stereocenters. The zero-order valence-corrected chi connectivity index (χ0v) is 29.3. The number of sulfone groups is 1. The number of carbonyl (C=O) groups is 1. The number of rotatable bonds is 15. The molecule has 0 saturated heterocycles. The molecule has 0 spiro atoms. The fraction of sp³-hybridized carbons (Fsp3) is 0.200. The first-order valence-electron chi connectivity index (χ1n) is 16.6. The van der Waals surface area contributed by atoms with Crippen LogP contribution in [0.25, 0.3) is 11.1 Å². The number of hydrogen-bond donors (Lipinski definition) is 3. The number of nitrogens with zero attached hydrogens (tertiary/aromatic N) is 1. The van der Waals surface area contributed by atoms with Crippen LogP contribution in [0.1, 0.15) is 35.6 Å². The standard InChI is InChI=1S/C40H38ClN3O6S/c41-34-12-7-9-29(27-34)28-42-44-39(46)40(23-26-51(47,48)36-13-5-2-6-14-36)37(32-17-15-31(16-18-32)30-10-3-1-4-11-30)50-38(43-40)33-19-21-35(22-20-33)49-25-8-24-45/h1-7,9-22,27,37,42,45H,8,23-26,28H2,(H,44,46)/t37-,40-/m0/s1. The minimum atomic E-state index is -3.81. The molecule has 1 aliphatic heterocycles. The van der Waals surface area contributed by atoms with Gasteiger partial charge < -0.3 is 14.6 Å². The number of aliphatic hydroxyl groups excluding tert-OH is 1. The van der Waals surface area contributed by atoms with Crippen LogP contribution in [0.2, 0.25) is 5.02 Å². The largest absolute Gasteiger partial charge is 0.494 e. The highest BCUT2D eigenvalue weighted by Crippen LogP contribution is 2.43. The third-order valence-corrected chi connectivity index (χ3v) is 10.6. The summed E-state index contributed by atoms with van der Waals surface area (Å²) in [4.78, 5) is 19.6. The third-order valence-electron chi connectivity index (χ3n) is 8.59. The molecular formula is C40H38ClN3O6S. The van der Waals surface area contributed by atoms with Gasteiger partial charge in [-0.1, -0.05) is 96.5 Å². The Morgan fingerprint density at radius 3 is 2.20 bits per heavy atom. The summed E-state index contributed by atoms with van der Waals surface area (Å²) in [7, 11) is -3.81. The predicted molar refractivity (Wildman–Crippen MR) is 198 cm³/mol. The number of halogens is 1. The van der Waals surface area contributed by atoms with Crippen LogP contribution in [-0.2, 0) is 25.9 Å². The Hall–Kier alpha value is -5.00. The summed E-state index contributed by atoms with van der Waals surface area (Å²) < 4.78 is 39.6. The maximum Gasteiger partial charge on any atom is 0.266 e. The number of benzene rings is 5. The van der Waals surface area contributed by atoms with Gasteiger partial charge in [0.2, 0.25) is 5.90 Å². The maximum atomic E-state index is 14.5. The number of aliphatic hydroxyl groups is 1. The lowest BCUT2D eigenvalue weighted by Crippen LogP contribution is -2.53. The summed E-state index contributed by atoms with van der Waals surface area (Å²) in [6.45, 7) is 0.639. The molecule has 1 heterocycles. The lowest BCUT2D eigenvalue weighted by molar-refractivity contribution is -0.130. The van der Waals surface area contributed by atoms with Crippen LogP contribution in [0.15, 0.2) is 143 Å². The molecule has 0 radical (unpaired) electrons. The molecule has 0 aliphatic carbocycles. The SMILES string of the molecule is O=C(NNCc1cccc(Cl)c1)[C@@]1(CCS(=O)(=O)c2ccccc2)N=C(c2ccc(OCCCO)cc2)O[C@H]1c1ccc(-c2ccccc2)cc1. The van der Waals surface area contributed by atoms with E-state index in [-0.39, 0.29) is 36.1 Å². The van der Waals surface area contributed by atoms with Crippen molar-refractivity contribution in [3.63, 3.8) is 0 Å². The van der Waals surface area contributed by atoms with Gasteiger partial charge in [0.05, 0.1) is 17.3 Å². The van der Waals surface area contributed by atoms with Gasteiger partial charge in [-0.3, -0.25) is 10.2 Å². The van der Waals surface area contributed by atoms with E-state index in [0.29, 0.717) is 34.9 Å². The van der Waals surface area contributed by atoms with E-state index in [9.17, 15) is 13.2 Å². The molecule has 1 aliphatic rings. The van der Waals surface area contributed by atoms with Gasteiger partial charge in [0.25, 0.3) is 5.91 Å². The number of amides is 1. The Morgan fingerprint density at radius 2 is 1.51 bits per heavy atom. The van der Waals surface area contributed by atoms with Crippen molar-refractivity contribution in [2.75, 3.05) is 19.0 Å². The van der Waals surface area contributed by atoms with Crippen molar-refractivity contribution in [1.82, 2.24) is 10.9 Å². The van der Waals surface area contributed by atoms with E-state index in [1.165, 1.54) is 0 Å². The third kappa shape index (κ3) is 8.66. The molecule has 6 rings (SSSR count). The van der Waals surface area contributed by atoms with Gasteiger partial charge in [0.15, 0.2) is 21.5 Å². The van der Waals surface area contributed by atoms with Crippen LogP contribution in [0, 0.1) is 0 Å². The molecule has 0 bridgehead atoms. The molecule has 0 fully saturated rings. The van der Waals surface area contributed by atoms with Crippen molar-refractivity contribution in [2.45, 2.75) is 35.9 Å².